The number of aromatic nitrogens is 4. The van der Waals surface area contributed by atoms with Crippen LogP contribution in [0.3, 0.4) is 0 Å². The maximum absolute atomic E-state index is 12.3. The molecule has 3 aromatic rings. The minimum atomic E-state index is -3.23. The van der Waals surface area contributed by atoms with Gasteiger partial charge in [-0.25, -0.2) is 13.4 Å². The van der Waals surface area contributed by atoms with E-state index in [1.54, 1.807) is 17.4 Å². The van der Waals surface area contributed by atoms with Gasteiger partial charge in [-0.15, -0.1) is 10.2 Å². The Morgan fingerprint density at radius 3 is 2.58 bits per heavy atom. The molecule has 4 rings (SSSR count). The molecule has 1 atom stereocenters. The summed E-state index contributed by atoms with van der Waals surface area (Å²) in [6, 6.07) is 7.77. The number of hydrogen-bond donors (Lipinski definition) is 1. The van der Waals surface area contributed by atoms with E-state index in [0.717, 1.165) is 17.7 Å². The average Bonchev–Trinajstić information content (AvgIpc) is 3.30. The third-order valence-electron chi connectivity index (χ3n) is 5.76. The van der Waals surface area contributed by atoms with Crippen molar-refractivity contribution in [3.8, 4) is 23.0 Å². The summed E-state index contributed by atoms with van der Waals surface area (Å²) in [7, 11) is -1.32. The quantitative estimate of drug-likeness (QED) is 0.550. The van der Waals surface area contributed by atoms with Crippen LogP contribution in [0.2, 0.25) is 0 Å². The molecule has 1 aliphatic rings. The number of nitrogens with one attached hydrogen (secondary N) is 1. The smallest absolute Gasteiger partial charge is 0.268 e. The summed E-state index contributed by atoms with van der Waals surface area (Å²) in [5.74, 6) is 1.48. The number of nitrogens with zero attached hydrogens (tertiary/aromatic N) is 6. The zero-order valence-corrected chi connectivity index (χ0v) is 20.1. The second kappa shape index (κ2) is 9.54. The Labute approximate surface area is 197 Å². The molecule has 0 bridgehead atoms. The monoisotopic (exact) mass is 475 g/mol. The third kappa shape index (κ3) is 4.90. The molecule has 3 heterocycles. The van der Waals surface area contributed by atoms with Crippen molar-refractivity contribution >= 4 is 15.8 Å². The topological polar surface area (TPSA) is 117 Å². The predicted molar refractivity (Wildman–Crippen MR) is 130 cm³/mol. The van der Waals surface area contributed by atoms with E-state index in [1.807, 2.05) is 50.1 Å². The number of hydrogen-bond acceptors (Lipinski definition) is 9. The van der Waals surface area contributed by atoms with Gasteiger partial charge >= 0.3 is 0 Å². The second-order valence-electron chi connectivity index (χ2n) is 8.11. The molecule has 1 aliphatic heterocycles. The molecule has 0 unspecified atom stereocenters. The molecule has 0 amide bonds. The maximum atomic E-state index is 12.3. The summed E-state index contributed by atoms with van der Waals surface area (Å²) in [6.45, 7) is 7.69. The first-order chi connectivity index (χ1) is 15.8. The van der Waals surface area contributed by atoms with Crippen molar-refractivity contribution in [2.75, 3.05) is 37.3 Å². The van der Waals surface area contributed by atoms with E-state index in [-0.39, 0.29) is 14.6 Å². The first-order valence-electron chi connectivity index (χ1n) is 11.0. The highest BCUT2D eigenvalue weighted by Gasteiger charge is 2.32. The van der Waals surface area contributed by atoms with E-state index in [0.29, 0.717) is 48.6 Å². The molecular formula is C22H33N7O3S. The van der Waals surface area contributed by atoms with E-state index < -0.39 is 10.0 Å². The molecule has 180 valence electrons. The molecule has 11 heteroatoms. The van der Waals surface area contributed by atoms with E-state index in [4.69, 9.17) is 9.40 Å². The van der Waals surface area contributed by atoms with Crippen molar-refractivity contribution in [1.82, 2.24) is 29.8 Å². The molecule has 0 aliphatic carbocycles. The minimum absolute atomic E-state index is 0. The third-order valence-corrected chi connectivity index (χ3v) is 7.75. The molecule has 33 heavy (non-hydrogen) atoms. The van der Waals surface area contributed by atoms with Gasteiger partial charge in [-0.2, -0.15) is 4.31 Å². The highest BCUT2D eigenvalue weighted by Crippen LogP contribution is 2.27. The number of anilines is 1. The molecule has 0 saturated carbocycles. The zero-order chi connectivity index (χ0) is 23.6. The van der Waals surface area contributed by atoms with Crippen molar-refractivity contribution in [3.05, 3.63) is 41.7 Å². The van der Waals surface area contributed by atoms with Crippen LogP contribution in [0.5, 0.6) is 0 Å². The van der Waals surface area contributed by atoms with Crippen LogP contribution in [0.1, 0.15) is 28.0 Å². The highest BCUT2D eigenvalue weighted by atomic mass is 32.2. The summed E-state index contributed by atoms with van der Waals surface area (Å²) >= 11 is 0. The molecular weight excluding hydrogens is 442 g/mol. The van der Waals surface area contributed by atoms with Crippen LogP contribution in [0.4, 0.5) is 5.82 Å². The van der Waals surface area contributed by atoms with Gasteiger partial charge in [0, 0.05) is 40.6 Å². The molecule has 10 nitrogen and oxygen atoms in total. The normalized spacial score (nSPS) is 17.5. The molecule has 1 N–H and O–H groups in total. The number of benzene rings is 1. The maximum Gasteiger partial charge on any atom is 0.268 e. The van der Waals surface area contributed by atoms with Crippen LogP contribution in [0.25, 0.3) is 23.0 Å². The summed E-state index contributed by atoms with van der Waals surface area (Å²) in [5.41, 5.74) is 3.20. The van der Waals surface area contributed by atoms with E-state index in [2.05, 4.69) is 20.5 Å². The number of aryl methyl sites for hydroxylation is 1. The Balaban J connectivity index is 0.00000216. The van der Waals surface area contributed by atoms with Crippen molar-refractivity contribution < 1.29 is 15.7 Å². The van der Waals surface area contributed by atoms with Crippen molar-refractivity contribution in [2.24, 2.45) is 0 Å². The number of sulfonamides is 1. The van der Waals surface area contributed by atoms with Crippen LogP contribution in [-0.2, 0) is 16.6 Å². The lowest BCUT2D eigenvalue weighted by molar-refractivity contribution is 0.306. The molecule has 0 radical (unpaired) electrons. The van der Waals surface area contributed by atoms with Gasteiger partial charge < -0.3 is 14.6 Å². The fourth-order valence-corrected chi connectivity index (χ4v) is 5.23. The Hall–Kier alpha value is -2.89. The Kier molecular flexibility index (Phi) is 6.73. The van der Waals surface area contributed by atoms with Crippen LogP contribution >= 0.6 is 0 Å². The lowest BCUT2D eigenvalue weighted by Crippen LogP contribution is -2.54. The van der Waals surface area contributed by atoms with Gasteiger partial charge in [0.25, 0.3) is 5.89 Å². The van der Waals surface area contributed by atoms with E-state index >= 15 is 0 Å². The van der Waals surface area contributed by atoms with Gasteiger partial charge in [0.15, 0.2) is 5.69 Å². The van der Waals surface area contributed by atoms with Crippen molar-refractivity contribution in [1.29, 1.82) is 0 Å². The Morgan fingerprint density at radius 1 is 1.18 bits per heavy atom. The largest absolute Gasteiger partial charge is 0.415 e. The fourth-order valence-electron chi connectivity index (χ4n) is 3.93. The number of rotatable bonds is 7. The van der Waals surface area contributed by atoms with Crippen LogP contribution < -0.4 is 10.2 Å². The van der Waals surface area contributed by atoms with E-state index in [9.17, 15) is 8.42 Å². The molecule has 1 saturated heterocycles. The SMILES string of the molecule is CCS(=O)(=O)N1CCN(c2cnc(C)c(-c3nnc(-c4ccc(CNC)cc4)o3)n2)C[C@@H]1C.[HH].[HH]. The Bertz CT molecular complexity index is 1220. The van der Waals surface area contributed by atoms with Gasteiger partial charge in [-0.05, 0) is 45.5 Å². The number of piperazine rings is 1. The summed E-state index contributed by atoms with van der Waals surface area (Å²) in [5, 5.41) is 11.5. The molecule has 1 aromatic carbocycles. The lowest BCUT2D eigenvalue weighted by atomic mass is 10.1. The molecule has 2 aromatic heterocycles. The van der Waals surface area contributed by atoms with Gasteiger partial charge in [-0.1, -0.05) is 12.1 Å². The van der Waals surface area contributed by atoms with Crippen LogP contribution in [-0.4, -0.2) is 71.4 Å². The van der Waals surface area contributed by atoms with Crippen LogP contribution in [0.15, 0.2) is 34.9 Å². The second-order valence-corrected chi connectivity index (χ2v) is 10.3. The van der Waals surface area contributed by atoms with Gasteiger partial charge in [0.05, 0.1) is 17.6 Å². The van der Waals surface area contributed by atoms with Gasteiger partial charge in [0.1, 0.15) is 5.82 Å². The van der Waals surface area contributed by atoms with Crippen molar-refractivity contribution in [3.63, 3.8) is 0 Å². The summed E-state index contributed by atoms with van der Waals surface area (Å²) in [4.78, 5) is 11.3. The lowest BCUT2D eigenvalue weighted by Gasteiger charge is -2.39. The van der Waals surface area contributed by atoms with Crippen LogP contribution in [0, 0.1) is 6.92 Å². The van der Waals surface area contributed by atoms with E-state index in [1.165, 1.54) is 0 Å². The average molecular weight is 476 g/mol. The predicted octanol–water partition coefficient (Wildman–Crippen LogP) is 2.57. The first-order valence-corrected chi connectivity index (χ1v) is 12.6. The summed E-state index contributed by atoms with van der Waals surface area (Å²) in [6.07, 6.45) is 1.70. The highest BCUT2D eigenvalue weighted by molar-refractivity contribution is 7.89. The van der Waals surface area contributed by atoms with Gasteiger partial charge in [0.2, 0.25) is 15.9 Å². The molecule has 0 spiro atoms. The zero-order valence-electron chi connectivity index (χ0n) is 19.3. The summed E-state index contributed by atoms with van der Waals surface area (Å²) < 4.78 is 32.1. The minimum Gasteiger partial charge on any atom is -0.415 e. The first kappa shape index (κ1) is 23.3. The standard InChI is InChI=1S/C22H29N7O3S.2H2/c1-5-33(30,31)29-11-10-28(14-15(29)2)19-13-24-16(3)20(25-19)22-27-26-21(32-22)18-8-6-17(7-9-18)12-23-4;;/h6-9,13,15,23H,5,10-12,14H2,1-4H3;2*1H/t15-;;/m0../s1. The molecule has 1 fully saturated rings. The fraction of sp³-hybridized carbons (Fsp3) is 0.455. The van der Waals surface area contributed by atoms with Crippen molar-refractivity contribution in [2.45, 2.75) is 33.4 Å². The Morgan fingerprint density at radius 2 is 1.91 bits per heavy atom. The van der Waals surface area contributed by atoms with Gasteiger partial charge in [-0.3, -0.25) is 4.98 Å².